The Balaban J connectivity index is 1.76. The van der Waals surface area contributed by atoms with Gasteiger partial charge >= 0.3 is 0 Å². The number of rotatable bonds is 7. The molecule has 0 aliphatic heterocycles. The summed E-state index contributed by atoms with van der Waals surface area (Å²) < 4.78 is 32.6. The van der Waals surface area contributed by atoms with Crippen LogP contribution < -0.4 is 5.32 Å². The first-order valence-corrected chi connectivity index (χ1v) is 12.5. The number of benzene rings is 2. The van der Waals surface area contributed by atoms with Gasteiger partial charge in [-0.3, -0.25) is 4.79 Å². The summed E-state index contributed by atoms with van der Waals surface area (Å²) in [7, 11) is -3.73. The van der Waals surface area contributed by atoms with Crippen LogP contribution in [0.25, 0.3) is 22.4 Å². The zero-order valence-corrected chi connectivity index (χ0v) is 20.4. The van der Waals surface area contributed by atoms with Crippen molar-refractivity contribution < 1.29 is 17.7 Å². The van der Waals surface area contributed by atoms with Crippen molar-refractivity contribution in [1.29, 1.82) is 0 Å². The van der Waals surface area contributed by atoms with Crippen molar-refractivity contribution in [2.45, 2.75) is 25.7 Å². The fraction of sp³-hybridized carbons (Fsp3) is 0.208. The predicted octanol–water partition coefficient (Wildman–Crippen LogP) is 5.13. The smallest absolute Gasteiger partial charge is 0.259 e. The van der Waals surface area contributed by atoms with E-state index in [1.165, 1.54) is 22.5 Å². The van der Waals surface area contributed by atoms with Gasteiger partial charge in [0.15, 0.2) is 0 Å². The van der Waals surface area contributed by atoms with E-state index in [1.807, 2.05) is 30.3 Å². The molecule has 10 heteroatoms. The third-order valence-corrected chi connectivity index (χ3v) is 7.84. The number of carbonyl (C=O) groups is 1. The largest absolute Gasteiger partial charge is 0.335 e. The first kappa shape index (κ1) is 23.9. The molecule has 0 fully saturated rings. The Morgan fingerprint density at radius 2 is 1.79 bits per heavy atom. The van der Waals surface area contributed by atoms with Gasteiger partial charge in [-0.25, -0.2) is 13.4 Å². The highest BCUT2D eigenvalue weighted by atomic mass is 35.5. The molecule has 4 rings (SSSR count). The molecule has 0 radical (unpaired) electrons. The molecule has 2 aromatic carbocycles. The molecule has 4 aromatic rings. The second-order valence-corrected chi connectivity index (χ2v) is 9.90. The summed E-state index contributed by atoms with van der Waals surface area (Å²) in [5, 5.41) is 7.39. The van der Waals surface area contributed by atoms with Gasteiger partial charge in [0.05, 0.1) is 37.9 Å². The molecule has 34 heavy (non-hydrogen) atoms. The molecule has 2 aromatic heterocycles. The van der Waals surface area contributed by atoms with E-state index in [0.29, 0.717) is 29.9 Å². The van der Waals surface area contributed by atoms with Crippen molar-refractivity contribution in [2.75, 3.05) is 18.4 Å². The summed E-state index contributed by atoms with van der Waals surface area (Å²) in [6, 6.07) is 15.3. The standard InChI is InChI=1S/C24H23ClN4O4S/c1-4-29(5-2)34(31,32)17-11-12-19(25)21(13-17)26-23(30)18-14-20(16-9-7-6-8-10-16)27-24-22(18)15(3)28-33-24/h6-14H,4-5H2,1-3H3,(H,26,30). The van der Waals surface area contributed by atoms with E-state index in [9.17, 15) is 13.2 Å². The molecule has 1 amide bonds. The van der Waals surface area contributed by atoms with E-state index in [2.05, 4.69) is 15.5 Å². The van der Waals surface area contributed by atoms with E-state index in [-0.39, 0.29) is 26.9 Å². The van der Waals surface area contributed by atoms with Crippen molar-refractivity contribution in [2.24, 2.45) is 0 Å². The Hall–Kier alpha value is -3.27. The molecule has 1 N–H and O–H groups in total. The number of halogens is 1. The van der Waals surface area contributed by atoms with Gasteiger partial charge in [0.1, 0.15) is 0 Å². The number of amides is 1. The number of aryl methyl sites for hydroxylation is 1. The van der Waals surface area contributed by atoms with Crippen molar-refractivity contribution in [3.63, 3.8) is 0 Å². The number of hydrogen-bond acceptors (Lipinski definition) is 6. The highest BCUT2D eigenvalue weighted by Gasteiger charge is 2.24. The lowest BCUT2D eigenvalue weighted by Crippen LogP contribution is -2.30. The molecule has 2 heterocycles. The van der Waals surface area contributed by atoms with Crippen molar-refractivity contribution in [1.82, 2.24) is 14.4 Å². The van der Waals surface area contributed by atoms with Crippen molar-refractivity contribution >= 4 is 44.3 Å². The molecule has 0 saturated carbocycles. The first-order chi connectivity index (χ1) is 16.3. The normalized spacial score (nSPS) is 11.8. The minimum Gasteiger partial charge on any atom is -0.335 e. The Labute approximate surface area is 202 Å². The topological polar surface area (TPSA) is 105 Å². The van der Waals surface area contributed by atoms with Gasteiger partial charge in [0.25, 0.3) is 11.6 Å². The van der Waals surface area contributed by atoms with Gasteiger partial charge in [-0.05, 0) is 31.2 Å². The summed E-state index contributed by atoms with van der Waals surface area (Å²) in [5.74, 6) is -0.491. The molecule has 0 bridgehead atoms. The van der Waals surface area contributed by atoms with Crippen LogP contribution in [-0.2, 0) is 10.0 Å². The highest BCUT2D eigenvalue weighted by molar-refractivity contribution is 7.89. The Morgan fingerprint density at radius 1 is 1.09 bits per heavy atom. The van der Waals surface area contributed by atoms with Crippen LogP contribution in [-0.4, -0.2) is 41.9 Å². The minimum atomic E-state index is -3.73. The average Bonchev–Trinajstić information content (AvgIpc) is 3.21. The van der Waals surface area contributed by atoms with Crippen LogP contribution >= 0.6 is 11.6 Å². The van der Waals surface area contributed by atoms with Crippen LogP contribution in [0.2, 0.25) is 5.02 Å². The SMILES string of the molecule is CCN(CC)S(=O)(=O)c1ccc(Cl)c(NC(=O)c2cc(-c3ccccc3)nc3onc(C)c23)c1. The van der Waals surface area contributed by atoms with E-state index in [1.54, 1.807) is 26.8 Å². The average molecular weight is 499 g/mol. The maximum Gasteiger partial charge on any atom is 0.259 e. The Bertz CT molecular complexity index is 1470. The maximum atomic E-state index is 13.4. The quantitative estimate of drug-likeness (QED) is 0.378. The molecule has 176 valence electrons. The summed E-state index contributed by atoms with van der Waals surface area (Å²) in [4.78, 5) is 17.9. The number of nitrogens with zero attached hydrogens (tertiary/aromatic N) is 3. The number of fused-ring (bicyclic) bond motifs is 1. The molecule has 0 aliphatic rings. The van der Waals surface area contributed by atoms with Crippen molar-refractivity contribution in [3.05, 3.63) is 70.9 Å². The van der Waals surface area contributed by atoms with Gasteiger partial charge in [0.2, 0.25) is 10.0 Å². The monoisotopic (exact) mass is 498 g/mol. The second kappa shape index (κ2) is 9.54. The second-order valence-electron chi connectivity index (χ2n) is 7.55. The Morgan fingerprint density at radius 3 is 2.47 bits per heavy atom. The molecule has 0 saturated heterocycles. The predicted molar refractivity (Wildman–Crippen MR) is 131 cm³/mol. The number of sulfonamides is 1. The van der Waals surface area contributed by atoms with Crippen molar-refractivity contribution in [3.8, 4) is 11.3 Å². The zero-order chi connectivity index (χ0) is 24.5. The molecular formula is C24H23ClN4O4S. The maximum absolute atomic E-state index is 13.4. The van der Waals surface area contributed by atoms with Gasteiger partial charge in [-0.2, -0.15) is 4.31 Å². The summed E-state index contributed by atoms with van der Waals surface area (Å²) in [5.41, 5.74) is 2.55. The molecular weight excluding hydrogens is 476 g/mol. The minimum absolute atomic E-state index is 0.0434. The third kappa shape index (κ3) is 4.42. The number of aromatic nitrogens is 2. The fourth-order valence-electron chi connectivity index (χ4n) is 3.69. The van der Waals surface area contributed by atoms with Crippen LogP contribution in [0, 0.1) is 6.92 Å². The molecule has 0 unspecified atom stereocenters. The third-order valence-electron chi connectivity index (χ3n) is 5.46. The van der Waals surface area contributed by atoms with Gasteiger partial charge < -0.3 is 9.84 Å². The van der Waals surface area contributed by atoms with Crippen LogP contribution in [0.4, 0.5) is 5.69 Å². The van der Waals surface area contributed by atoms with E-state index < -0.39 is 15.9 Å². The van der Waals surface area contributed by atoms with Crippen LogP contribution in [0.3, 0.4) is 0 Å². The van der Waals surface area contributed by atoms with E-state index >= 15 is 0 Å². The molecule has 0 aliphatic carbocycles. The molecule has 0 atom stereocenters. The number of pyridine rings is 1. The number of carbonyl (C=O) groups excluding carboxylic acids is 1. The van der Waals surface area contributed by atoms with E-state index in [0.717, 1.165) is 5.56 Å². The first-order valence-electron chi connectivity index (χ1n) is 10.7. The van der Waals surface area contributed by atoms with Crippen LogP contribution in [0.1, 0.15) is 29.9 Å². The number of hydrogen-bond donors (Lipinski definition) is 1. The van der Waals surface area contributed by atoms with Crippen LogP contribution in [0.15, 0.2) is 64.0 Å². The van der Waals surface area contributed by atoms with Gasteiger partial charge in [-0.1, -0.05) is 60.9 Å². The van der Waals surface area contributed by atoms with Gasteiger partial charge in [-0.15, -0.1) is 0 Å². The lowest BCUT2D eigenvalue weighted by Gasteiger charge is -2.19. The lowest BCUT2D eigenvalue weighted by molar-refractivity contribution is 0.102. The van der Waals surface area contributed by atoms with Gasteiger partial charge in [0, 0.05) is 18.7 Å². The number of anilines is 1. The summed E-state index contributed by atoms with van der Waals surface area (Å²) in [6.45, 7) is 5.90. The summed E-state index contributed by atoms with van der Waals surface area (Å²) >= 11 is 6.31. The molecule has 0 spiro atoms. The number of nitrogens with one attached hydrogen (secondary N) is 1. The fourth-order valence-corrected chi connectivity index (χ4v) is 5.34. The summed E-state index contributed by atoms with van der Waals surface area (Å²) in [6.07, 6.45) is 0. The highest BCUT2D eigenvalue weighted by Crippen LogP contribution is 2.30. The van der Waals surface area contributed by atoms with E-state index in [4.69, 9.17) is 16.1 Å². The zero-order valence-electron chi connectivity index (χ0n) is 18.9. The Kier molecular flexibility index (Phi) is 6.70. The van der Waals surface area contributed by atoms with Crippen LogP contribution in [0.5, 0.6) is 0 Å². The molecule has 8 nitrogen and oxygen atoms in total. The lowest BCUT2D eigenvalue weighted by atomic mass is 10.0.